The molecule has 0 saturated carbocycles. The highest BCUT2D eigenvalue weighted by atomic mass is 32.1. The lowest BCUT2D eigenvalue weighted by Crippen LogP contribution is -2.42. The van der Waals surface area contributed by atoms with Gasteiger partial charge >= 0.3 is 0 Å². The Morgan fingerprint density at radius 3 is 2.91 bits per heavy atom. The average molecular weight is 329 g/mol. The Labute approximate surface area is 139 Å². The lowest BCUT2D eigenvalue weighted by atomic mass is 10.1. The van der Waals surface area contributed by atoms with E-state index in [1.54, 1.807) is 7.11 Å². The summed E-state index contributed by atoms with van der Waals surface area (Å²) in [5, 5.41) is 4.27. The highest BCUT2D eigenvalue weighted by Gasteiger charge is 2.39. The van der Waals surface area contributed by atoms with Crippen molar-refractivity contribution in [3.8, 4) is 16.3 Å². The zero-order valence-corrected chi connectivity index (χ0v) is 14.0. The zero-order chi connectivity index (χ0) is 16.0. The van der Waals surface area contributed by atoms with Crippen LogP contribution in [0.3, 0.4) is 0 Å². The molecule has 1 aromatic heterocycles. The number of hydrogen-bond donors (Lipinski definition) is 1. The molecule has 0 unspecified atom stereocenters. The fourth-order valence-electron chi connectivity index (χ4n) is 3.46. The molecule has 3 heterocycles. The Hall–Kier alpha value is -1.92. The molecule has 2 aromatic rings. The van der Waals surface area contributed by atoms with Crippen LogP contribution < -0.4 is 10.1 Å². The van der Waals surface area contributed by atoms with Crippen molar-refractivity contribution in [1.29, 1.82) is 0 Å². The fourth-order valence-corrected chi connectivity index (χ4v) is 4.53. The van der Waals surface area contributed by atoms with Crippen molar-refractivity contribution in [2.24, 2.45) is 0 Å². The first-order valence-corrected chi connectivity index (χ1v) is 8.68. The molecule has 0 bridgehead atoms. The van der Waals surface area contributed by atoms with Crippen LogP contribution in [0.1, 0.15) is 28.7 Å². The number of benzene rings is 1. The molecule has 4 rings (SSSR count). The van der Waals surface area contributed by atoms with Gasteiger partial charge in [0.15, 0.2) is 0 Å². The van der Waals surface area contributed by atoms with E-state index in [2.05, 4.69) is 12.2 Å². The third-order valence-electron chi connectivity index (χ3n) is 4.69. The number of rotatable bonds is 3. The van der Waals surface area contributed by atoms with Gasteiger partial charge in [0, 0.05) is 12.1 Å². The summed E-state index contributed by atoms with van der Waals surface area (Å²) in [5.74, 6) is 0.914. The van der Waals surface area contributed by atoms with Crippen molar-refractivity contribution >= 4 is 17.2 Å². The molecular formula is C17H19N3O2S. The van der Waals surface area contributed by atoms with Crippen LogP contribution in [0.5, 0.6) is 5.75 Å². The van der Waals surface area contributed by atoms with Gasteiger partial charge in [0.2, 0.25) is 0 Å². The number of amides is 1. The Bertz CT molecular complexity index is 758. The lowest BCUT2D eigenvalue weighted by Gasteiger charge is -2.26. The van der Waals surface area contributed by atoms with Crippen molar-refractivity contribution < 1.29 is 9.53 Å². The minimum atomic E-state index is 0.124. The molecule has 1 saturated heterocycles. The van der Waals surface area contributed by atoms with Crippen LogP contribution in [-0.2, 0) is 6.54 Å². The van der Waals surface area contributed by atoms with Crippen LogP contribution in [0.2, 0.25) is 0 Å². The maximum Gasteiger partial charge on any atom is 0.266 e. The minimum absolute atomic E-state index is 0.124. The van der Waals surface area contributed by atoms with E-state index in [1.165, 1.54) is 11.3 Å². The number of thiazole rings is 1. The van der Waals surface area contributed by atoms with Gasteiger partial charge < -0.3 is 15.0 Å². The van der Waals surface area contributed by atoms with Crippen molar-refractivity contribution in [3.63, 3.8) is 0 Å². The molecule has 1 amide bonds. The van der Waals surface area contributed by atoms with Gasteiger partial charge in [-0.2, -0.15) is 0 Å². The number of methoxy groups -OCH3 is 1. The summed E-state index contributed by atoms with van der Waals surface area (Å²) in [7, 11) is 1.65. The summed E-state index contributed by atoms with van der Waals surface area (Å²) in [6.07, 6.45) is 1.02. The number of carbonyl (C=O) groups is 1. The first-order chi connectivity index (χ1) is 11.2. The van der Waals surface area contributed by atoms with Gasteiger partial charge in [-0.25, -0.2) is 4.98 Å². The van der Waals surface area contributed by atoms with E-state index in [4.69, 9.17) is 9.72 Å². The van der Waals surface area contributed by atoms with Crippen molar-refractivity contribution in [2.45, 2.75) is 32.0 Å². The predicted molar refractivity (Wildman–Crippen MR) is 89.8 cm³/mol. The molecule has 120 valence electrons. The normalized spacial score (nSPS) is 23.4. The maximum atomic E-state index is 12.8. The molecular weight excluding hydrogens is 310 g/mol. The van der Waals surface area contributed by atoms with Gasteiger partial charge in [-0.1, -0.05) is 12.1 Å². The molecule has 2 aliphatic rings. The van der Waals surface area contributed by atoms with Gasteiger partial charge in [-0.3, -0.25) is 4.79 Å². The van der Waals surface area contributed by atoms with E-state index in [1.807, 2.05) is 29.2 Å². The summed E-state index contributed by atoms with van der Waals surface area (Å²) in [4.78, 5) is 20.2. The smallest absolute Gasteiger partial charge is 0.266 e. The van der Waals surface area contributed by atoms with Crippen LogP contribution in [0, 0.1) is 0 Å². The van der Waals surface area contributed by atoms with Crippen molar-refractivity contribution in [3.05, 3.63) is 34.8 Å². The van der Waals surface area contributed by atoms with Crippen LogP contribution in [0.25, 0.3) is 10.6 Å². The topological polar surface area (TPSA) is 54.5 Å². The number of para-hydroxylation sites is 1. The Morgan fingerprint density at radius 1 is 1.39 bits per heavy atom. The van der Waals surface area contributed by atoms with E-state index in [0.29, 0.717) is 12.6 Å². The van der Waals surface area contributed by atoms with E-state index < -0.39 is 0 Å². The van der Waals surface area contributed by atoms with Gasteiger partial charge in [0.1, 0.15) is 15.6 Å². The summed E-state index contributed by atoms with van der Waals surface area (Å²) >= 11 is 1.47. The molecule has 2 aliphatic heterocycles. The summed E-state index contributed by atoms with van der Waals surface area (Å²) in [6.45, 7) is 3.74. The van der Waals surface area contributed by atoms with E-state index in [0.717, 1.165) is 39.9 Å². The summed E-state index contributed by atoms with van der Waals surface area (Å²) in [5.41, 5.74) is 1.85. The predicted octanol–water partition coefficient (Wildman–Crippen LogP) is 2.52. The first-order valence-electron chi connectivity index (χ1n) is 7.86. The number of ether oxygens (including phenoxy) is 1. The van der Waals surface area contributed by atoms with Gasteiger partial charge in [-0.05, 0) is 32.0 Å². The average Bonchev–Trinajstić information content (AvgIpc) is 3.24. The number of nitrogens with one attached hydrogen (secondary N) is 1. The van der Waals surface area contributed by atoms with Crippen molar-refractivity contribution in [2.75, 3.05) is 13.7 Å². The number of aromatic nitrogens is 1. The van der Waals surface area contributed by atoms with Gasteiger partial charge in [0.25, 0.3) is 5.91 Å². The zero-order valence-electron chi connectivity index (χ0n) is 13.2. The molecule has 1 N–H and O–H groups in total. The van der Waals surface area contributed by atoms with Gasteiger partial charge in [-0.15, -0.1) is 11.3 Å². The Kier molecular flexibility index (Phi) is 3.58. The van der Waals surface area contributed by atoms with Crippen LogP contribution in [0.15, 0.2) is 24.3 Å². The maximum absolute atomic E-state index is 12.8. The number of hydrogen-bond acceptors (Lipinski definition) is 5. The van der Waals surface area contributed by atoms with E-state index >= 15 is 0 Å². The quantitative estimate of drug-likeness (QED) is 0.940. The largest absolute Gasteiger partial charge is 0.496 e. The lowest BCUT2D eigenvalue weighted by molar-refractivity contribution is 0.0695. The SMILES string of the molecule is COc1ccccc1-c1nc2c(s1)C(=O)N([C@@H]1CCN[C@@H]1C)C2. The van der Waals surface area contributed by atoms with Crippen LogP contribution >= 0.6 is 11.3 Å². The molecule has 0 spiro atoms. The number of fused-ring (bicyclic) bond motifs is 1. The Balaban J connectivity index is 1.64. The molecule has 0 aliphatic carbocycles. The minimum Gasteiger partial charge on any atom is -0.496 e. The third kappa shape index (κ3) is 2.33. The number of nitrogens with zero attached hydrogens (tertiary/aromatic N) is 2. The molecule has 23 heavy (non-hydrogen) atoms. The molecule has 1 aromatic carbocycles. The molecule has 6 heteroatoms. The van der Waals surface area contributed by atoms with Crippen LogP contribution in [0.4, 0.5) is 0 Å². The highest BCUT2D eigenvalue weighted by Crippen LogP contribution is 2.38. The third-order valence-corrected chi connectivity index (χ3v) is 5.81. The monoisotopic (exact) mass is 329 g/mol. The van der Waals surface area contributed by atoms with Crippen LogP contribution in [-0.4, -0.2) is 41.5 Å². The second kappa shape index (κ2) is 5.62. The van der Waals surface area contributed by atoms with E-state index in [-0.39, 0.29) is 11.9 Å². The molecule has 1 fully saturated rings. The molecule has 0 radical (unpaired) electrons. The summed E-state index contributed by atoms with van der Waals surface area (Å²) in [6, 6.07) is 8.43. The molecule has 2 atom stereocenters. The summed E-state index contributed by atoms with van der Waals surface area (Å²) < 4.78 is 5.41. The Morgan fingerprint density at radius 2 is 2.22 bits per heavy atom. The molecule has 5 nitrogen and oxygen atoms in total. The first kappa shape index (κ1) is 14.7. The van der Waals surface area contributed by atoms with Gasteiger partial charge in [0.05, 0.1) is 24.9 Å². The second-order valence-corrected chi connectivity index (χ2v) is 7.03. The fraction of sp³-hybridized carbons (Fsp3) is 0.412. The van der Waals surface area contributed by atoms with E-state index in [9.17, 15) is 4.79 Å². The van der Waals surface area contributed by atoms with Crippen molar-refractivity contribution in [1.82, 2.24) is 15.2 Å². The second-order valence-electron chi connectivity index (χ2n) is 6.03. The highest BCUT2D eigenvalue weighted by molar-refractivity contribution is 7.17. The number of carbonyl (C=O) groups excluding carboxylic acids is 1. The standard InChI is InChI=1S/C17H19N3O2S/c1-10-13(7-8-18-10)20-9-12-15(17(20)21)23-16(19-12)11-5-3-4-6-14(11)22-2/h3-6,10,13,18H,7-9H2,1-2H3/t10-,13-/m1/s1.